The molecule has 0 bridgehead atoms. The highest BCUT2D eigenvalue weighted by Crippen LogP contribution is 2.24. The fraction of sp³-hybridized carbons (Fsp3) is 0.455. The second-order valence-electron chi connectivity index (χ2n) is 7.99. The maximum absolute atomic E-state index is 12.6. The highest BCUT2D eigenvalue weighted by atomic mass is 35.5. The Morgan fingerprint density at radius 3 is 2.48 bits per heavy atom. The minimum absolute atomic E-state index is 0.0446. The fourth-order valence-electron chi connectivity index (χ4n) is 4.15. The molecule has 2 aromatic rings. The Bertz CT molecular complexity index is 1040. The molecule has 166 valence electrons. The molecule has 2 heterocycles. The summed E-state index contributed by atoms with van der Waals surface area (Å²) in [6.45, 7) is 2.63. The maximum atomic E-state index is 12.6. The number of aromatic nitrogens is 1. The average molecular weight is 463 g/mol. The van der Waals surface area contributed by atoms with Gasteiger partial charge in [-0.15, -0.1) is 0 Å². The molecule has 2 aliphatic rings. The quantitative estimate of drug-likeness (QED) is 0.713. The molecular weight excluding hydrogens is 436 g/mol. The monoisotopic (exact) mass is 462 g/mol. The SMILES string of the molecule is O=C(CCNS(=O)(=O)c1ccc2c(c1)CCCC2)N1CCN(c2ccc(Cl)cn2)CC1. The summed E-state index contributed by atoms with van der Waals surface area (Å²) in [6, 6.07) is 9.04. The smallest absolute Gasteiger partial charge is 0.240 e. The van der Waals surface area contributed by atoms with E-state index in [4.69, 9.17) is 11.6 Å². The van der Waals surface area contributed by atoms with E-state index in [1.807, 2.05) is 12.1 Å². The molecule has 1 saturated heterocycles. The fourth-order valence-corrected chi connectivity index (χ4v) is 5.34. The Morgan fingerprint density at radius 2 is 1.77 bits per heavy atom. The van der Waals surface area contributed by atoms with Crippen molar-refractivity contribution in [1.29, 1.82) is 0 Å². The topological polar surface area (TPSA) is 82.6 Å². The van der Waals surface area contributed by atoms with Gasteiger partial charge in [-0.05, 0) is 61.1 Å². The summed E-state index contributed by atoms with van der Waals surface area (Å²) < 4.78 is 27.9. The number of benzene rings is 1. The number of hydrogen-bond acceptors (Lipinski definition) is 5. The number of sulfonamides is 1. The first kappa shape index (κ1) is 22.0. The van der Waals surface area contributed by atoms with Crippen LogP contribution in [0.4, 0.5) is 5.82 Å². The summed E-state index contributed by atoms with van der Waals surface area (Å²) in [5, 5.41) is 0.593. The molecule has 1 aromatic carbocycles. The van der Waals surface area contributed by atoms with Crippen molar-refractivity contribution in [3.63, 3.8) is 0 Å². The predicted molar refractivity (Wildman–Crippen MR) is 121 cm³/mol. The minimum atomic E-state index is -3.62. The van der Waals surface area contributed by atoms with E-state index in [0.717, 1.165) is 37.1 Å². The van der Waals surface area contributed by atoms with Crippen LogP contribution in [0.15, 0.2) is 41.4 Å². The summed E-state index contributed by atoms with van der Waals surface area (Å²) >= 11 is 5.88. The van der Waals surface area contributed by atoms with Gasteiger partial charge < -0.3 is 9.80 Å². The second-order valence-corrected chi connectivity index (χ2v) is 10.2. The Morgan fingerprint density at radius 1 is 1.03 bits per heavy atom. The number of aryl methyl sites for hydroxylation is 2. The van der Waals surface area contributed by atoms with Crippen LogP contribution in [-0.2, 0) is 27.7 Å². The third-order valence-electron chi connectivity index (χ3n) is 5.93. The van der Waals surface area contributed by atoms with Gasteiger partial charge in [0.25, 0.3) is 0 Å². The second kappa shape index (κ2) is 9.54. The lowest BCUT2D eigenvalue weighted by Gasteiger charge is -2.35. The molecule has 4 rings (SSSR count). The van der Waals surface area contributed by atoms with Crippen molar-refractivity contribution in [3.8, 4) is 0 Å². The normalized spacial score (nSPS) is 16.8. The van der Waals surface area contributed by atoms with Gasteiger partial charge in [-0.1, -0.05) is 17.7 Å². The van der Waals surface area contributed by atoms with Crippen LogP contribution in [0.25, 0.3) is 0 Å². The Kier molecular flexibility index (Phi) is 6.79. The summed E-state index contributed by atoms with van der Waals surface area (Å²) in [7, 11) is -3.62. The zero-order chi connectivity index (χ0) is 21.8. The molecule has 1 fully saturated rings. The molecule has 1 amide bonds. The number of fused-ring (bicyclic) bond motifs is 1. The molecule has 1 aliphatic heterocycles. The number of piperazine rings is 1. The van der Waals surface area contributed by atoms with Gasteiger partial charge in [-0.25, -0.2) is 18.1 Å². The molecule has 0 radical (unpaired) electrons. The molecule has 31 heavy (non-hydrogen) atoms. The number of halogens is 1. The molecule has 1 aromatic heterocycles. The van der Waals surface area contributed by atoms with Crippen LogP contribution in [0, 0.1) is 0 Å². The van der Waals surface area contributed by atoms with E-state index in [9.17, 15) is 13.2 Å². The van der Waals surface area contributed by atoms with Crippen molar-refractivity contribution < 1.29 is 13.2 Å². The number of nitrogens with one attached hydrogen (secondary N) is 1. The number of hydrogen-bond donors (Lipinski definition) is 1. The lowest BCUT2D eigenvalue weighted by molar-refractivity contribution is -0.131. The molecule has 1 N–H and O–H groups in total. The van der Waals surface area contributed by atoms with Gasteiger partial charge in [0.2, 0.25) is 15.9 Å². The van der Waals surface area contributed by atoms with E-state index in [1.165, 1.54) is 5.56 Å². The standard InChI is InChI=1S/C22H27ClN4O3S/c23-19-6-8-21(24-16-19)26-11-13-27(14-12-26)22(28)9-10-25-31(29,30)20-7-5-17-3-1-2-4-18(17)15-20/h5-8,15-16,25H,1-4,9-14H2. The van der Waals surface area contributed by atoms with Crippen LogP contribution >= 0.6 is 11.6 Å². The molecular formula is C22H27ClN4O3S. The molecule has 0 saturated carbocycles. The van der Waals surface area contributed by atoms with Gasteiger partial charge in [0.15, 0.2) is 0 Å². The third kappa shape index (κ3) is 5.37. The van der Waals surface area contributed by atoms with E-state index < -0.39 is 10.0 Å². The van der Waals surface area contributed by atoms with Crippen molar-refractivity contribution in [2.24, 2.45) is 0 Å². The van der Waals surface area contributed by atoms with Gasteiger partial charge in [-0.3, -0.25) is 4.79 Å². The zero-order valence-corrected chi connectivity index (χ0v) is 19.0. The number of amides is 1. The molecule has 7 nitrogen and oxygen atoms in total. The largest absolute Gasteiger partial charge is 0.353 e. The minimum Gasteiger partial charge on any atom is -0.353 e. The van der Waals surface area contributed by atoms with Gasteiger partial charge in [0.1, 0.15) is 5.82 Å². The molecule has 0 unspecified atom stereocenters. The number of rotatable bonds is 6. The first-order valence-electron chi connectivity index (χ1n) is 10.7. The number of carbonyl (C=O) groups excluding carboxylic acids is 1. The van der Waals surface area contributed by atoms with E-state index >= 15 is 0 Å². The highest BCUT2D eigenvalue weighted by Gasteiger charge is 2.23. The van der Waals surface area contributed by atoms with Crippen LogP contribution < -0.4 is 9.62 Å². The van der Waals surface area contributed by atoms with E-state index in [0.29, 0.717) is 31.2 Å². The Balaban J connectivity index is 1.26. The first-order chi connectivity index (χ1) is 14.9. The van der Waals surface area contributed by atoms with E-state index in [1.54, 1.807) is 29.3 Å². The van der Waals surface area contributed by atoms with Crippen LogP contribution in [0.3, 0.4) is 0 Å². The summed E-state index contributed by atoms with van der Waals surface area (Å²) in [5.41, 5.74) is 2.37. The van der Waals surface area contributed by atoms with Crippen LogP contribution in [0.2, 0.25) is 5.02 Å². The number of carbonyl (C=O) groups is 1. The Labute approximate surface area is 188 Å². The van der Waals surface area contributed by atoms with Crippen LogP contribution in [-0.4, -0.2) is 56.9 Å². The van der Waals surface area contributed by atoms with Gasteiger partial charge in [0.05, 0.1) is 9.92 Å². The molecule has 0 spiro atoms. The summed E-state index contributed by atoms with van der Waals surface area (Å²) in [6.07, 6.45) is 5.95. The predicted octanol–water partition coefficient (Wildman–Crippen LogP) is 2.63. The lowest BCUT2D eigenvalue weighted by atomic mass is 9.92. The Hall–Kier alpha value is -2.16. The van der Waals surface area contributed by atoms with Crippen molar-refractivity contribution in [1.82, 2.24) is 14.6 Å². The average Bonchev–Trinajstić information content (AvgIpc) is 2.79. The lowest BCUT2D eigenvalue weighted by Crippen LogP contribution is -2.49. The maximum Gasteiger partial charge on any atom is 0.240 e. The van der Waals surface area contributed by atoms with Crippen molar-refractivity contribution in [2.75, 3.05) is 37.6 Å². The van der Waals surface area contributed by atoms with Crippen LogP contribution in [0.1, 0.15) is 30.4 Å². The summed E-state index contributed by atoms with van der Waals surface area (Å²) in [5.74, 6) is 0.797. The molecule has 0 atom stereocenters. The van der Waals surface area contributed by atoms with Crippen molar-refractivity contribution in [3.05, 3.63) is 52.7 Å². The highest BCUT2D eigenvalue weighted by molar-refractivity contribution is 7.89. The number of pyridine rings is 1. The molecule has 1 aliphatic carbocycles. The van der Waals surface area contributed by atoms with Crippen LogP contribution in [0.5, 0.6) is 0 Å². The van der Waals surface area contributed by atoms with Gasteiger partial charge in [0, 0.05) is 45.3 Å². The summed E-state index contributed by atoms with van der Waals surface area (Å²) in [4.78, 5) is 21.0. The van der Waals surface area contributed by atoms with E-state index in [-0.39, 0.29) is 23.8 Å². The zero-order valence-electron chi connectivity index (χ0n) is 17.4. The molecule has 9 heteroatoms. The number of nitrogens with zero attached hydrogens (tertiary/aromatic N) is 3. The third-order valence-corrected chi connectivity index (χ3v) is 7.61. The van der Waals surface area contributed by atoms with Crippen molar-refractivity contribution >= 4 is 33.3 Å². The first-order valence-corrected chi connectivity index (χ1v) is 12.5. The van der Waals surface area contributed by atoms with Gasteiger partial charge >= 0.3 is 0 Å². The van der Waals surface area contributed by atoms with Gasteiger partial charge in [-0.2, -0.15) is 0 Å². The number of anilines is 1. The van der Waals surface area contributed by atoms with E-state index in [2.05, 4.69) is 14.6 Å². The van der Waals surface area contributed by atoms with Crippen molar-refractivity contribution in [2.45, 2.75) is 37.0 Å².